The predicted octanol–water partition coefficient (Wildman–Crippen LogP) is 3.57. The lowest BCUT2D eigenvalue weighted by Gasteiger charge is -2.27. The van der Waals surface area contributed by atoms with Gasteiger partial charge >= 0.3 is 12.1 Å². The normalized spacial score (nSPS) is 15.1. The van der Waals surface area contributed by atoms with E-state index in [-0.39, 0.29) is 36.2 Å². The first kappa shape index (κ1) is 24.8. The Labute approximate surface area is 190 Å². The molecule has 178 valence electrons. The molecule has 1 aliphatic rings. The second kappa shape index (κ2) is 9.95. The molecule has 1 aliphatic carbocycles. The number of alkyl halides is 3. The van der Waals surface area contributed by atoms with Crippen molar-refractivity contribution in [3.05, 3.63) is 35.7 Å². The average molecular weight is 484 g/mol. The van der Waals surface area contributed by atoms with E-state index in [1.807, 2.05) is 0 Å². The van der Waals surface area contributed by atoms with Crippen LogP contribution in [0.5, 0.6) is 0 Å². The van der Waals surface area contributed by atoms with Crippen molar-refractivity contribution >= 4 is 15.7 Å². The minimum Gasteiger partial charge on any atom is -0.338 e. The summed E-state index contributed by atoms with van der Waals surface area (Å²) in [6.45, 7) is 2.24. The summed E-state index contributed by atoms with van der Waals surface area (Å²) >= 11 is 0. The fourth-order valence-corrected chi connectivity index (χ4v) is 4.43. The van der Waals surface area contributed by atoms with Gasteiger partial charge in [0, 0.05) is 30.8 Å². The van der Waals surface area contributed by atoms with Gasteiger partial charge in [-0.05, 0) is 24.3 Å². The van der Waals surface area contributed by atoms with Crippen LogP contribution in [0, 0.1) is 24.2 Å². The summed E-state index contributed by atoms with van der Waals surface area (Å²) < 4.78 is 66.5. The maximum absolute atomic E-state index is 13.2. The van der Waals surface area contributed by atoms with E-state index in [0.29, 0.717) is 18.0 Å². The fourth-order valence-electron chi connectivity index (χ4n) is 3.32. The van der Waals surface area contributed by atoms with Gasteiger partial charge in [0.05, 0.1) is 11.7 Å². The van der Waals surface area contributed by atoms with E-state index in [1.54, 1.807) is 29.2 Å². The van der Waals surface area contributed by atoms with Gasteiger partial charge < -0.3 is 9.42 Å². The molecule has 0 aliphatic heterocycles. The molecule has 1 unspecified atom stereocenters. The Bertz CT molecular complexity index is 1120. The zero-order valence-electron chi connectivity index (χ0n) is 18.0. The molecule has 0 bridgehead atoms. The third kappa shape index (κ3) is 6.81. The van der Waals surface area contributed by atoms with Gasteiger partial charge in [-0.2, -0.15) is 18.2 Å². The highest BCUT2D eigenvalue weighted by atomic mass is 32.2. The molecule has 1 aromatic heterocycles. The number of rotatable bonds is 10. The molecule has 1 atom stereocenters. The van der Waals surface area contributed by atoms with Crippen molar-refractivity contribution in [2.45, 2.75) is 38.9 Å². The number of carbonyl (C=O) groups excluding carboxylic acids is 1. The molecule has 11 heteroatoms. The van der Waals surface area contributed by atoms with Crippen molar-refractivity contribution in [3.8, 4) is 23.7 Å². The number of nitrogens with zero attached hydrogens (tertiary/aromatic N) is 3. The monoisotopic (exact) mass is 483 g/mol. The average Bonchev–Trinajstić information content (AvgIpc) is 3.43. The highest BCUT2D eigenvalue weighted by Gasteiger charge is 2.38. The number of benzene rings is 1. The number of aromatic nitrogens is 2. The molecular formula is C22H24F3N3O4S. The van der Waals surface area contributed by atoms with Crippen LogP contribution in [0.3, 0.4) is 0 Å². The summed E-state index contributed by atoms with van der Waals surface area (Å²) in [6.07, 6.45) is 2.68. The second-order valence-corrected chi connectivity index (χ2v) is 10.5. The number of hydrogen-bond acceptors (Lipinski definition) is 6. The Morgan fingerprint density at radius 1 is 1.30 bits per heavy atom. The van der Waals surface area contributed by atoms with Crippen molar-refractivity contribution in [3.63, 3.8) is 0 Å². The predicted molar refractivity (Wildman–Crippen MR) is 114 cm³/mol. The minimum absolute atomic E-state index is 0.0253. The fraction of sp³-hybridized carbons (Fsp3) is 0.500. The molecule has 1 saturated carbocycles. The third-order valence-electron chi connectivity index (χ3n) is 5.35. The largest absolute Gasteiger partial charge is 0.471 e. The summed E-state index contributed by atoms with van der Waals surface area (Å²) in [4.78, 5) is 18.2. The van der Waals surface area contributed by atoms with Crippen LogP contribution in [0.15, 0.2) is 28.8 Å². The van der Waals surface area contributed by atoms with E-state index in [4.69, 9.17) is 6.42 Å². The zero-order valence-corrected chi connectivity index (χ0v) is 18.8. The lowest BCUT2D eigenvalue weighted by atomic mass is 10.0. The molecule has 3 rings (SSSR count). The molecule has 2 aromatic rings. The van der Waals surface area contributed by atoms with Gasteiger partial charge in [0.2, 0.25) is 11.7 Å². The van der Waals surface area contributed by atoms with E-state index >= 15 is 0 Å². The lowest BCUT2D eigenvalue weighted by molar-refractivity contribution is -0.159. The van der Waals surface area contributed by atoms with E-state index < -0.39 is 27.8 Å². The molecule has 1 amide bonds. The third-order valence-corrected chi connectivity index (χ3v) is 7.14. The molecule has 0 saturated heterocycles. The molecule has 1 fully saturated rings. The quantitative estimate of drug-likeness (QED) is 0.480. The van der Waals surface area contributed by atoms with E-state index in [0.717, 1.165) is 18.4 Å². The van der Waals surface area contributed by atoms with Crippen LogP contribution in [-0.2, 0) is 27.4 Å². The Balaban J connectivity index is 1.76. The van der Waals surface area contributed by atoms with Crippen LogP contribution < -0.4 is 0 Å². The summed E-state index contributed by atoms with van der Waals surface area (Å²) in [7, 11) is -3.40. The number of terminal acetylenes is 1. The number of halogens is 3. The van der Waals surface area contributed by atoms with E-state index in [1.165, 1.54) is 6.92 Å². The molecule has 33 heavy (non-hydrogen) atoms. The van der Waals surface area contributed by atoms with Crippen LogP contribution in [0.25, 0.3) is 11.4 Å². The Kier molecular flexibility index (Phi) is 7.47. The Morgan fingerprint density at radius 2 is 1.97 bits per heavy atom. The first-order valence-corrected chi connectivity index (χ1v) is 12.3. The highest BCUT2D eigenvalue weighted by molar-refractivity contribution is 7.91. The van der Waals surface area contributed by atoms with Gasteiger partial charge in [0.15, 0.2) is 9.84 Å². The highest BCUT2D eigenvalue weighted by Crippen LogP contribution is 2.32. The maximum Gasteiger partial charge on any atom is 0.471 e. The Morgan fingerprint density at radius 3 is 2.48 bits per heavy atom. The zero-order chi connectivity index (χ0) is 24.2. The van der Waals surface area contributed by atoms with Gasteiger partial charge in [-0.15, -0.1) is 12.3 Å². The Hall–Kier alpha value is -2.87. The SMILES string of the molecule is C#CCC(CS(=O)(=O)CC)C(=O)N(Cc1ccc(-c2noc(C(F)(F)F)n2)cc1)CC1CC1. The van der Waals surface area contributed by atoms with Gasteiger partial charge in [-0.3, -0.25) is 4.79 Å². The van der Waals surface area contributed by atoms with Crippen molar-refractivity contribution in [2.24, 2.45) is 11.8 Å². The van der Waals surface area contributed by atoms with Gasteiger partial charge in [0.1, 0.15) is 0 Å². The first-order chi connectivity index (χ1) is 15.5. The number of amides is 1. The summed E-state index contributed by atoms with van der Waals surface area (Å²) in [5.74, 6) is -0.356. The molecule has 0 spiro atoms. The van der Waals surface area contributed by atoms with Crippen LogP contribution >= 0.6 is 0 Å². The summed E-state index contributed by atoms with van der Waals surface area (Å²) in [5.41, 5.74) is 1.06. The molecule has 0 radical (unpaired) electrons. The number of sulfone groups is 1. The molecule has 1 aromatic carbocycles. The van der Waals surface area contributed by atoms with Gasteiger partial charge in [-0.25, -0.2) is 8.42 Å². The first-order valence-electron chi connectivity index (χ1n) is 10.4. The van der Waals surface area contributed by atoms with Crippen molar-refractivity contribution in [2.75, 3.05) is 18.1 Å². The molecule has 1 heterocycles. The van der Waals surface area contributed by atoms with E-state index in [9.17, 15) is 26.4 Å². The summed E-state index contributed by atoms with van der Waals surface area (Å²) in [5, 5.41) is 3.36. The molecule has 7 nitrogen and oxygen atoms in total. The molecular weight excluding hydrogens is 459 g/mol. The van der Waals surface area contributed by atoms with Gasteiger partial charge in [-0.1, -0.05) is 36.3 Å². The van der Waals surface area contributed by atoms with Gasteiger partial charge in [0.25, 0.3) is 0 Å². The van der Waals surface area contributed by atoms with Crippen LogP contribution in [-0.4, -0.2) is 47.4 Å². The molecule has 0 N–H and O–H groups in total. The van der Waals surface area contributed by atoms with Crippen LogP contribution in [0.4, 0.5) is 13.2 Å². The van der Waals surface area contributed by atoms with Crippen LogP contribution in [0.1, 0.15) is 37.6 Å². The van der Waals surface area contributed by atoms with E-state index in [2.05, 4.69) is 20.6 Å². The van der Waals surface area contributed by atoms with Crippen molar-refractivity contribution < 1.29 is 30.9 Å². The topological polar surface area (TPSA) is 93.4 Å². The number of hydrogen-bond donors (Lipinski definition) is 0. The van der Waals surface area contributed by atoms with Crippen molar-refractivity contribution in [1.29, 1.82) is 0 Å². The summed E-state index contributed by atoms with van der Waals surface area (Å²) in [6, 6.07) is 6.40. The number of carbonyl (C=O) groups is 1. The minimum atomic E-state index is -4.73. The lowest BCUT2D eigenvalue weighted by Crippen LogP contribution is -2.40. The smallest absolute Gasteiger partial charge is 0.338 e. The standard InChI is InChI=1S/C22H24F3N3O4S/c1-3-5-18(14-33(30,31)4-2)20(29)28(12-15-6-7-15)13-16-8-10-17(11-9-16)19-26-21(32-27-19)22(23,24)25/h1,8-11,15,18H,4-7,12-14H2,2H3. The van der Waals surface area contributed by atoms with Crippen molar-refractivity contribution in [1.82, 2.24) is 15.0 Å². The maximum atomic E-state index is 13.2. The second-order valence-electron chi connectivity index (χ2n) is 8.08. The van der Waals surface area contributed by atoms with Crippen LogP contribution in [0.2, 0.25) is 0 Å².